The van der Waals surface area contributed by atoms with Gasteiger partial charge in [0.1, 0.15) is 11.5 Å². The molecule has 0 spiro atoms. The number of nitrogens with one attached hydrogen (secondary N) is 1. The summed E-state index contributed by atoms with van der Waals surface area (Å²) in [6.45, 7) is 4.44. The first-order valence-electron chi connectivity index (χ1n) is 7.83. The van der Waals surface area contributed by atoms with Crippen molar-refractivity contribution in [1.29, 1.82) is 0 Å². The highest BCUT2D eigenvalue weighted by Gasteiger charge is 2.16. The monoisotopic (exact) mass is 368 g/mol. The Hall–Kier alpha value is -1.66. The minimum atomic E-state index is -1.32. The molecular weight excluding hydrogens is 348 g/mol. The van der Waals surface area contributed by atoms with Crippen LogP contribution in [-0.2, 0) is 21.3 Å². The van der Waals surface area contributed by atoms with Gasteiger partial charge in [-0.05, 0) is 31.5 Å². The van der Waals surface area contributed by atoms with Gasteiger partial charge in [-0.15, -0.1) is 0 Å². The van der Waals surface area contributed by atoms with E-state index in [2.05, 4.69) is 17.2 Å². The quantitative estimate of drug-likeness (QED) is 0.724. The molecule has 7 heteroatoms. The number of hydrogen-bond acceptors (Lipinski definition) is 4. The fourth-order valence-electron chi connectivity index (χ4n) is 2.11. The van der Waals surface area contributed by atoms with Gasteiger partial charge >= 0.3 is 0 Å². The Labute approximate surface area is 149 Å². The molecule has 1 aromatic heterocycles. The summed E-state index contributed by atoms with van der Waals surface area (Å²) >= 11 is 5.97. The summed E-state index contributed by atoms with van der Waals surface area (Å²) in [6, 6.07) is 7.19. The molecule has 1 aromatic carbocycles. The lowest BCUT2D eigenvalue weighted by Gasteiger charge is -2.03. The Kier molecular flexibility index (Phi) is 6.99. The van der Waals surface area contributed by atoms with Crippen molar-refractivity contribution in [3.63, 3.8) is 0 Å². The number of carbonyl (C=O) groups is 1. The first-order chi connectivity index (χ1) is 11.5. The van der Waals surface area contributed by atoms with Crippen LogP contribution in [0.4, 0.5) is 0 Å². The Morgan fingerprint density at radius 3 is 2.92 bits per heavy atom. The van der Waals surface area contributed by atoms with Gasteiger partial charge in [-0.3, -0.25) is 9.00 Å². The maximum Gasteiger partial charge on any atom is 0.232 e. The van der Waals surface area contributed by atoms with E-state index in [9.17, 15) is 9.00 Å². The molecule has 1 amide bonds. The molecule has 2 rings (SSSR count). The lowest BCUT2D eigenvalue weighted by Crippen LogP contribution is -2.29. The van der Waals surface area contributed by atoms with E-state index < -0.39 is 10.8 Å². The zero-order chi connectivity index (χ0) is 17.5. The van der Waals surface area contributed by atoms with Crippen LogP contribution in [0, 0.1) is 6.92 Å². The summed E-state index contributed by atoms with van der Waals surface area (Å²) in [7, 11) is -1.32. The molecule has 2 aromatic rings. The van der Waals surface area contributed by atoms with Crippen molar-refractivity contribution in [1.82, 2.24) is 10.3 Å². The van der Waals surface area contributed by atoms with Crippen molar-refractivity contribution in [3.05, 3.63) is 40.7 Å². The number of rotatable bonds is 8. The first kappa shape index (κ1) is 18.7. The van der Waals surface area contributed by atoms with E-state index in [0.29, 0.717) is 28.9 Å². The molecule has 1 atom stereocenters. The minimum absolute atomic E-state index is 0.0253. The average molecular weight is 369 g/mol. The fraction of sp³-hybridized carbons (Fsp3) is 0.412. The van der Waals surface area contributed by atoms with Crippen LogP contribution in [0.3, 0.4) is 0 Å². The lowest BCUT2D eigenvalue weighted by molar-refractivity contribution is -0.118. The Balaban J connectivity index is 1.98. The molecule has 24 heavy (non-hydrogen) atoms. The summed E-state index contributed by atoms with van der Waals surface area (Å²) in [5.41, 5.74) is 1.37. The van der Waals surface area contributed by atoms with Gasteiger partial charge < -0.3 is 9.73 Å². The van der Waals surface area contributed by atoms with Gasteiger partial charge in [-0.2, -0.15) is 0 Å². The maximum absolute atomic E-state index is 12.2. The number of carbonyl (C=O) groups excluding carboxylic acids is 1. The SMILES string of the molecule is CCCCNC(=O)C[S@](=O)Cc1nc(-c2cccc(Cl)c2)oc1C. The highest BCUT2D eigenvalue weighted by atomic mass is 35.5. The topological polar surface area (TPSA) is 72.2 Å². The van der Waals surface area contributed by atoms with Gasteiger partial charge in [0, 0.05) is 27.9 Å². The molecule has 0 aliphatic heterocycles. The van der Waals surface area contributed by atoms with Crippen LogP contribution in [0.1, 0.15) is 31.2 Å². The first-order valence-corrected chi connectivity index (χ1v) is 9.70. The molecule has 0 aliphatic rings. The normalized spacial score (nSPS) is 12.1. The molecule has 0 saturated carbocycles. The highest BCUT2D eigenvalue weighted by molar-refractivity contribution is 7.84. The number of aromatic nitrogens is 1. The molecule has 0 aliphatic carbocycles. The molecule has 1 N–H and O–H groups in total. The van der Waals surface area contributed by atoms with Crippen molar-refractivity contribution in [2.24, 2.45) is 0 Å². The number of oxazole rings is 1. The van der Waals surface area contributed by atoms with Gasteiger partial charge in [-0.1, -0.05) is 31.0 Å². The minimum Gasteiger partial charge on any atom is -0.441 e. The van der Waals surface area contributed by atoms with Crippen LogP contribution in [0.2, 0.25) is 5.02 Å². The second kappa shape index (κ2) is 8.99. The maximum atomic E-state index is 12.2. The summed E-state index contributed by atoms with van der Waals surface area (Å²) in [5, 5.41) is 3.36. The zero-order valence-corrected chi connectivity index (χ0v) is 15.4. The van der Waals surface area contributed by atoms with Gasteiger partial charge in [0.05, 0.1) is 11.4 Å². The number of unbranched alkanes of at least 4 members (excludes halogenated alkanes) is 1. The van der Waals surface area contributed by atoms with Crippen molar-refractivity contribution < 1.29 is 13.4 Å². The van der Waals surface area contributed by atoms with Gasteiger partial charge in [0.2, 0.25) is 11.8 Å². The summed E-state index contributed by atoms with van der Waals surface area (Å²) < 4.78 is 17.8. The van der Waals surface area contributed by atoms with E-state index in [1.165, 1.54) is 0 Å². The van der Waals surface area contributed by atoms with Crippen LogP contribution in [0.5, 0.6) is 0 Å². The van der Waals surface area contributed by atoms with E-state index in [4.69, 9.17) is 16.0 Å². The van der Waals surface area contributed by atoms with Crippen molar-refractivity contribution in [3.8, 4) is 11.5 Å². The summed E-state index contributed by atoms with van der Waals surface area (Å²) in [5.74, 6) is 1.01. The largest absolute Gasteiger partial charge is 0.441 e. The average Bonchev–Trinajstić information content (AvgIpc) is 2.88. The van der Waals surface area contributed by atoms with Crippen LogP contribution in [-0.4, -0.2) is 27.4 Å². The second-order valence-corrected chi connectivity index (χ2v) is 7.36. The van der Waals surface area contributed by atoms with E-state index >= 15 is 0 Å². The third-order valence-corrected chi connectivity index (χ3v) is 4.82. The van der Waals surface area contributed by atoms with Gasteiger partial charge in [-0.25, -0.2) is 4.98 Å². The van der Waals surface area contributed by atoms with E-state index in [1.54, 1.807) is 19.1 Å². The van der Waals surface area contributed by atoms with Crippen LogP contribution in [0.25, 0.3) is 11.5 Å². The molecule has 130 valence electrons. The number of aryl methyl sites for hydroxylation is 1. The van der Waals surface area contributed by atoms with Crippen LogP contribution < -0.4 is 5.32 Å². The predicted octanol–water partition coefficient (Wildman–Crippen LogP) is 3.47. The van der Waals surface area contributed by atoms with Crippen molar-refractivity contribution >= 4 is 28.3 Å². The molecule has 0 unspecified atom stereocenters. The Bertz CT molecular complexity index is 730. The number of benzene rings is 1. The third kappa shape index (κ3) is 5.46. The van der Waals surface area contributed by atoms with Crippen molar-refractivity contribution in [2.45, 2.75) is 32.4 Å². The summed E-state index contributed by atoms with van der Waals surface area (Å²) in [6.07, 6.45) is 1.93. The smallest absolute Gasteiger partial charge is 0.232 e. The Morgan fingerprint density at radius 1 is 1.42 bits per heavy atom. The van der Waals surface area contributed by atoms with Crippen LogP contribution >= 0.6 is 11.6 Å². The molecular formula is C17H21ClN2O3S. The molecule has 0 radical (unpaired) electrons. The molecule has 0 saturated heterocycles. The second-order valence-electron chi connectivity index (χ2n) is 5.46. The van der Waals surface area contributed by atoms with E-state index in [1.807, 2.05) is 12.1 Å². The molecule has 0 fully saturated rings. The van der Waals surface area contributed by atoms with E-state index in [0.717, 1.165) is 18.4 Å². The van der Waals surface area contributed by atoms with E-state index in [-0.39, 0.29) is 17.4 Å². The fourth-order valence-corrected chi connectivity index (χ4v) is 3.37. The van der Waals surface area contributed by atoms with Gasteiger partial charge in [0.25, 0.3) is 0 Å². The highest BCUT2D eigenvalue weighted by Crippen LogP contribution is 2.24. The third-order valence-electron chi connectivity index (χ3n) is 3.41. The molecule has 1 heterocycles. The molecule has 0 bridgehead atoms. The number of amides is 1. The van der Waals surface area contributed by atoms with Crippen LogP contribution in [0.15, 0.2) is 28.7 Å². The lowest BCUT2D eigenvalue weighted by atomic mass is 10.2. The van der Waals surface area contributed by atoms with Crippen molar-refractivity contribution in [2.75, 3.05) is 12.3 Å². The zero-order valence-electron chi connectivity index (χ0n) is 13.8. The summed E-state index contributed by atoms with van der Waals surface area (Å²) in [4.78, 5) is 16.1. The predicted molar refractivity (Wildman–Crippen MR) is 96.3 cm³/mol. The Morgan fingerprint density at radius 2 is 2.21 bits per heavy atom. The number of hydrogen-bond donors (Lipinski definition) is 1. The number of halogens is 1. The standard InChI is InChI=1S/C17H21ClN2O3S/c1-3-4-8-19-16(21)11-24(22)10-15-12(2)23-17(20-15)13-6-5-7-14(18)9-13/h5-7,9H,3-4,8,10-11H2,1-2H3,(H,19,21)/t24-/m1/s1. The molecule has 5 nitrogen and oxygen atoms in total. The number of nitrogens with zero attached hydrogens (tertiary/aromatic N) is 1. The van der Waals surface area contributed by atoms with Gasteiger partial charge in [0.15, 0.2) is 0 Å².